The smallest absolute Gasteiger partial charge is 0.396 e. The molecule has 4 rings (SSSR count). The molecule has 0 saturated carbocycles. The fourth-order valence-electron chi connectivity index (χ4n) is 3.36. The Morgan fingerprint density at radius 2 is 2.09 bits per heavy atom. The number of hydrogen-bond acceptors (Lipinski definition) is 3. The molecule has 1 aliphatic heterocycles. The number of pyridine rings is 2. The van der Waals surface area contributed by atoms with Crippen molar-refractivity contribution in [2.75, 3.05) is 11.9 Å². The molecule has 23 heavy (non-hydrogen) atoms. The van der Waals surface area contributed by atoms with E-state index in [0.29, 0.717) is 5.71 Å². The van der Waals surface area contributed by atoms with Gasteiger partial charge in [-0.3, -0.25) is 0 Å². The lowest BCUT2D eigenvalue weighted by Gasteiger charge is -2.26. The number of fused-ring (bicyclic) bond motifs is 3. The molecule has 0 amide bonds. The standard InChI is InChI=1S/C18H19BN3O/c1-12-10-16(21(3)11-13(12)2)19-8-7-15-17(22(19)4)14-6-5-9-20-18(14)23-15/h5-11H,1-4H3/q+1. The van der Waals surface area contributed by atoms with Crippen LogP contribution in [0, 0.1) is 13.8 Å². The zero-order valence-electron chi connectivity index (χ0n) is 13.9. The lowest BCUT2D eigenvalue weighted by Crippen LogP contribution is -2.60. The summed E-state index contributed by atoms with van der Waals surface area (Å²) in [6.45, 7) is 4.48. The van der Waals surface area contributed by atoms with Crippen molar-refractivity contribution in [2.45, 2.75) is 13.8 Å². The summed E-state index contributed by atoms with van der Waals surface area (Å²) in [5.41, 5.74) is 5.68. The van der Waals surface area contributed by atoms with Crippen LogP contribution in [0.15, 0.2) is 41.0 Å². The van der Waals surface area contributed by atoms with Crippen molar-refractivity contribution < 1.29 is 8.98 Å². The van der Waals surface area contributed by atoms with E-state index in [4.69, 9.17) is 4.42 Å². The molecule has 0 radical (unpaired) electrons. The van der Waals surface area contributed by atoms with E-state index in [1.54, 1.807) is 6.20 Å². The van der Waals surface area contributed by atoms with Gasteiger partial charge in [0.1, 0.15) is 7.05 Å². The Bertz CT molecular complexity index is 945. The summed E-state index contributed by atoms with van der Waals surface area (Å²) in [5.74, 6) is 3.07. The maximum absolute atomic E-state index is 5.87. The van der Waals surface area contributed by atoms with E-state index < -0.39 is 0 Å². The molecule has 0 aromatic carbocycles. The molecule has 0 fully saturated rings. The van der Waals surface area contributed by atoms with E-state index in [2.05, 4.69) is 72.7 Å². The van der Waals surface area contributed by atoms with Gasteiger partial charge in [0.25, 0.3) is 0 Å². The lowest BCUT2D eigenvalue weighted by atomic mass is 9.55. The molecule has 3 aromatic rings. The predicted octanol–water partition coefficient (Wildman–Crippen LogP) is 2.17. The van der Waals surface area contributed by atoms with Crippen LogP contribution < -0.4 is 15.0 Å². The van der Waals surface area contributed by atoms with Crippen molar-refractivity contribution in [2.24, 2.45) is 7.05 Å². The van der Waals surface area contributed by atoms with Gasteiger partial charge in [-0.1, -0.05) is 5.98 Å². The van der Waals surface area contributed by atoms with E-state index in [0.717, 1.165) is 16.8 Å². The van der Waals surface area contributed by atoms with Gasteiger partial charge in [-0.05, 0) is 44.7 Å². The van der Waals surface area contributed by atoms with Crippen LogP contribution in [0.1, 0.15) is 16.9 Å². The van der Waals surface area contributed by atoms with Crippen molar-refractivity contribution in [1.29, 1.82) is 0 Å². The SMILES string of the molecule is Cc1cc(B2C=Cc3oc4ncccc4c3N2C)[n+](C)cc1C. The van der Waals surface area contributed by atoms with Gasteiger partial charge in [-0.15, -0.1) is 0 Å². The average molecular weight is 304 g/mol. The second-order valence-electron chi connectivity index (χ2n) is 6.26. The summed E-state index contributed by atoms with van der Waals surface area (Å²) in [7, 11) is 4.22. The second kappa shape index (κ2) is 4.98. The fourth-order valence-corrected chi connectivity index (χ4v) is 3.36. The largest absolute Gasteiger partial charge is 0.436 e. The zero-order valence-corrected chi connectivity index (χ0v) is 13.9. The van der Waals surface area contributed by atoms with Crippen LogP contribution in [0.2, 0.25) is 0 Å². The third-order valence-electron chi connectivity index (χ3n) is 4.75. The van der Waals surface area contributed by atoms with Gasteiger partial charge in [0, 0.05) is 17.8 Å². The van der Waals surface area contributed by atoms with Crippen LogP contribution in [0.4, 0.5) is 5.69 Å². The molecule has 0 atom stereocenters. The first-order valence-electron chi connectivity index (χ1n) is 7.81. The third-order valence-corrected chi connectivity index (χ3v) is 4.75. The Morgan fingerprint density at radius 3 is 2.91 bits per heavy atom. The summed E-state index contributed by atoms with van der Waals surface area (Å²) < 4.78 is 8.08. The number of hydrogen-bond donors (Lipinski definition) is 0. The molecule has 0 spiro atoms. The van der Waals surface area contributed by atoms with Crippen molar-refractivity contribution in [1.82, 2.24) is 4.98 Å². The third kappa shape index (κ3) is 2.07. The number of rotatable bonds is 1. The Balaban J connectivity index is 1.87. The Labute approximate surface area is 136 Å². The van der Waals surface area contributed by atoms with Crippen LogP contribution in [0.25, 0.3) is 17.2 Å². The lowest BCUT2D eigenvalue weighted by molar-refractivity contribution is -0.654. The molecule has 5 heteroatoms. The fraction of sp³-hybridized carbons (Fsp3) is 0.222. The normalized spacial score (nSPS) is 13.7. The number of nitrogens with zero attached hydrogens (tertiary/aromatic N) is 3. The van der Waals surface area contributed by atoms with E-state index in [-0.39, 0.29) is 6.85 Å². The van der Waals surface area contributed by atoms with Gasteiger partial charge >= 0.3 is 6.85 Å². The van der Waals surface area contributed by atoms with Crippen LogP contribution in [0.3, 0.4) is 0 Å². The van der Waals surface area contributed by atoms with E-state index in [1.165, 1.54) is 16.7 Å². The molecule has 0 saturated heterocycles. The summed E-state index contributed by atoms with van der Waals surface area (Å²) >= 11 is 0. The first kappa shape index (κ1) is 14.1. The maximum Gasteiger partial charge on any atom is 0.396 e. The molecule has 3 aromatic heterocycles. The molecular weight excluding hydrogens is 285 g/mol. The average Bonchev–Trinajstić information content (AvgIpc) is 2.91. The Hall–Kier alpha value is -2.56. The predicted molar refractivity (Wildman–Crippen MR) is 93.9 cm³/mol. The van der Waals surface area contributed by atoms with Crippen molar-refractivity contribution >= 4 is 35.3 Å². The van der Waals surface area contributed by atoms with Crippen molar-refractivity contribution in [3.63, 3.8) is 0 Å². The minimum atomic E-state index is 0.174. The quantitative estimate of drug-likeness (QED) is 0.510. The minimum absolute atomic E-state index is 0.174. The van der Waals surface area contributed by atoms with Gasteiger partial charge in [-0.2, -0.15) is 0 Å². The second-order valence-corrected chi connectivity index (χ2v) is 6.26. The highest BCUT2D eigenvalue weighted by atomic mass is 16.3. The van der Waals surface area contributed by atoms with Crippen LogP contribution in [-0.2, 0) is 7.05 Å². The molecule has 114 valence electrons. The number of aromatic nitrogens is 2. The van der Waals surface area contributed by atoms with E-state index in [9.17, 15) is 0 Å². The molecule has 4 heterocycles. The first-order valence-corrected chi connectivity index (χ1v) is 7.81. The topological polar surface area (TPSA) is 33.2 Å². The molecule has 4 nitrogen and oxygen atoms in total. The number of aryl methyl sites for hydroxylation is 3. The van der Waals surface area contributed by atoms with Crippen LogP contribution in [-0.4, -0.2) is 18.9 Å². The highest BCUT2D eigenvalue weighted by molar-refractivity contribution is 6.81. The zero-order chi connectivity index (χ0) is 16.1. The highest BCUT2D eigenvalue weighted by Crippen LogP contribution is 2.35. The first-order chi connectivity index (χ1) is 11.1. The van der Waals surface area contributed by atoms with Gasteiger partial charge in [-0.25, -0.2) is 9.55 Å². The molecule has 0 bridgehead atoms. The number of furan rings is 1. The molecular formula is C18H19BN3O+. The monoisotopic (exact) mass is 304 g/mol. The molecule has 0 aliphatic carbocycles. The minimum Gasteiger partial charge on any atom is -0.436 e. The summed E-state index contributed by atoms with van der Waals surface area (Å²) in [5, 5.41) is 1.06. The van der Waals surface area contributed by atoms with Gasteiger partial charge in [0.05, 0.1) is 11.1 Å². The summed E-state index contributed by atoms with van der Waals surface area (Å²) in [6, 6.07) is 6.29. The van der Waals surface area contributed by atoms with Gasteiger partial charge < -0.3 is 9.23 Å². The highest BCUT2D eigenvalue weighted by Gasteiger charge is 2.35. The van der Waals surface area contributed by atoms with Crippen molar-refractivity contribution in [3.05, 3.63) is 53.5 Å². The summed E-state index contributed by atoms with van der Waals surface area (Å²) in [4.78, 5) is 6.60. The molecule has 0 N–H and O–H groups in total. The number of anilines is 1. The molecule has 1 aliphatic rings. The van der Waals surface area contributed by atoms with E-state index in [1.807, 2.05) is 6.07 Å². The Kier molecular flexibility index (Phi) is 3.05. The van der Waals surface area contributed by atoms with E-state index >= 15 is 0 Å². The molecule has 0 unspecified atom stereocenters. The van der Waals surface area contributed by atoms with Crippen molar-refractivity contribution in [3.8, 4) is 0 Å². The van der Waals surface area contributed by atoms with Gasteiger partial charge in [0.2, 0.25) is 5.71 Å². The van der Waals surface area contributed by atoms with Crippen LogP contribution in [0.5, 0.6) is 0 Å². The summed E-state index contributed by atoms with van der Waals surface area (Å²) in [6.07, 6.45) is 6.02. The Morgan fingerprint density at radius 1 is 1.26 bits per heavy atom. The van der Waals surface area contributed by atoms with Crippen LogP contribution >= 0.6 is 0 Å². The van der Waals surface area contributed by atoms with Gasteiger partial charge in [0.15, 0.2) is 17.6 Å². The maximum atomic E-state index is 5.87.